The van der Waals surface area contributed by atoms with E-state index in [-0.39, 0.29) is 18.5 Å². The molecule has 0 radical (unpaired) electrons. The molecule has 0 heterocycles. The van der Waals surface area contributed by atoms with Crippen molar-refractivity contribution >= 4 is 17.7 Å². The molecule has 0 aliphatic heterocycles. The van der Waals surface area contributed by atoms with Crippen LogP contribution < -0.4 is 11.1 Å². The van der Waals surface area contributed by atoms with Crippen LogP contribution in [0.25, 0.3) is 0 Å². The summed E-state index contributed by atoms with van der Waals surface area (Å²) in [6.45, 7) is 1.32. The van der Waals surface area contributed by atoms with Crippen LogP contribution in [0.5, 0.6) is 11.5 Å². The molecule has 0 fully saturated rings. The fourth-order valence-electron chi connectivity index (χ4n) is 2.00. The van der Waals surface area contributed by atoms with Crippen LogP contribution in [0, 0.1) is 0 Å². The Morgan fingerprint density at radius 3 is 2.50 bits per heavy atom. The SMILES string of the molecule is CC(=O)N(O)CCCC[C@@H](NC(=O)c1cccc(O)c1O)C(N)=O. The van der Waals surface area contributed by atoms with Crippen LogP contribution in [0.3, 0.4) is 0 Å². The zero-order valence-electron chi connectivity index (χ0n) is 13.2. The third kappa shape index (κ3) is 5.43. The molecule has 1 aromatic carbocycles. The average molecular weight is 339 g/mol. The molecule has 0 spiro atoms. The van der Waals surface area contributed by atoms with E-state index in [1.165, 1.54) is 25.1 Å². The molecule has 24 heavy (non-hydrogen) atoms. The summed E-state index contributed by atoms with van der Waals surface area (Å²) in [4.78, 5) is 34.4. The minimum absolute atomic E-state index is 0.0993. The monoisotopic (exact) mass is 339 g/mol. The van der Waals surface area contributed by atoms with E-state index < -0.39 is 35.3 Å². The van der Waals surface area contributed by atoms with E-state index in [0.717, 1.165) is 0 Å². The minimum Gasteiger partial charge on any atom is -0.504 e. The van der Waals surface area contributed by atoms with Crippen LogP contribution in [0.15, 0.2) is 18.2 Å². The zero-order chi connectivity index (χ0) is 18.3. The quantitative estimate of drug-likeness (QED) is 0.196. The van der Waals surface area contributed by atoms with Gasteiger partial charge in [-0.25, -0.2) is 5.06 Å². The normalized spacial score (nSPS) is 11.6. The standard InChI is InChI=1S/C15H21N3O6/c1-9(19)18(24)8-3-2-6-11(14(16)22)17-15(23)10-5-4-7-12(20)13(10)21/h4-5,7,11,20-21,24H,2-3,6,8H2,1H3,(H2,16,22)(H,17,23)/t11-/m1/s1. The molecule has 1 aromatic rings. The van der Waals surface area contributed by atoms with Crippen molar-refractivity contribution in [3.8, 4) is 11.5 Å². The lowest BCUT2D eigenvalue weighted by Crippen LogP contribution is -2.44. The fourth-order valence-corrected chi connectivity index (χ4v) is 2.00. The van der Waals surface area contributed by atoms with Gasteiger partial charge in [-0.15, -0.1) is 0 Å². The molecule has 3 amide bonds. The van der Waals surface area contributed by atoms with Gasteiger partial charge in [-0.2, -0.15) is 0 Å². The number of para-hydroxylation sites is 1. The molecular formula is C15H21N3O6. The first-order valence-electron chi connectivity index (χ1n) is 7.32. The number of primary amides is 1. The number of nitrogens with one attached hydrogen (secondary N) is 1. The molecule has 1 rings (SSSR count). The third-order valence-electron chi connectivity index (χ3n) is 3.38. The van der Waals surface area contributed by atoms with Crippen molar-refractivity contribution in [1.82, 2.24) is 10.4 Å². The number of phenolic OH excluding ortho intramolecular Hbond substituents is 2. The van der Waals surface area contributed by atoms with Gasteiger partial charge in [-0.05, 0) is 31.4 Å². The van der Waals surface area contributed by atoms with Gasteiger partial charge in [0, 0.05) is 13.5 Å². The number of unbranched alkanes of at least 4 members (excludes halogenated alkanes) is 1. The lowest BCUT2D eigenvalue weighted by Gasteiger charge is -2.17. The van der Waals surface area contributed by atoms with E-state index in [0.29, 0.717) is 17.9 Å². The lowest BCUT2D eigenvalue weighted by molar-refractivity contribution is -0.162. The maximum absolute atomic E-state index is 12.1. The van der Waals surface area contributed by atoms with Gasteiger partial charge in [0.15, 0.2) is 11.5 Å². The number of amides is 3. The number of rotatable bonds is 8. The largest absolute Gasteiger partial charge is 0.504 e. The molecular weight excluding hydrogens is 318 g/mol. The first-order chi connectivity index (χ1) is 11.2. The minimum atomic E-state index is -0.983. The third-order valence-corrected chi connectivity index (χ3v) is 3.38. The number of hydrogen-bond donors (Lipinski definition) is 5. The Morgan fingerprint density at radius 2 is 1.92 bits per heavy atom. The van der Waals surface area contributed by atoms with Crippen molar-refractivity contribution in [3.05, 3.63) is 23.8 Å². The van der Waals surface area contributed by atoms with Crippen molar-refractivity contribution in [2.75, 3.05) is 6.54 Å². The van der Waals surface area contributed by atoms with Crippen LogP contribution in [0.1, 0.15) is 36.5 Å². The van der Waals surface area contributed by atoms with E-state index in [2.05, 4.69) is 5.32 Å². The van der Waals surface area contributed by atoms with E-state index in [4.69, 9.17) is 5.73 Å². The van der Waals surface area contributed by atoms with Gasteiger partial charge in [-0.3, -0.25) is 19.6 Å². The van der Waals surface area contributed by atoms with Crippen molar-refractivity contribution in [2.24, 2.45) is 5.73 Å². The number of nitrogens with two attached hydrogens (primary N) is 1. The van der Waals surface area contributed by atoms with Gasteiger partial charge in [0.25, 0.3) is 5.91 Å². The molecule has 6 N–H and O–H groups in total. The van der Waals surface area contributed by atoms with Crippen LogP contribution >= 0.6 is 0 Å². The second-order valence-corrected chi connectivity index (χ2v) is 5.24. The molecule has 9 nitrogen and oxygen atoms in total. The Labute approximate surface area is 138 Å². The fraction of sp³-hybridized carbons (Fsp3) is 0.400. The Morgan fingerprint density at radius 1 is 1.25 bits per heavy atom. The number of phenols is 2. The summed E-state index contributed by atoms with van der Waals surface area (Å²) in [5.74, 6) is -3.04. The number of aromatic hydroxyl groups is 2. The summed E-state index contributed by atoms with van der Waals surface area (Å²) in [5, 5.41) is 31.2. The van der Waals surface area contributed by atoms with Crippen molar-refractivity contribution in [2.45, 2.75) is 32.2 Å². The molecule has 0 aromatic heterocycles. The molecule has 0 saturated heterocycles. The number of nitrogens with zero attached hydrogens (tertiary/aromatic N) is 1. The van der Waals surface area contributed by atoms with Crippen LogP contribution in [0.2, 0.25) is 0 Å². The molecule has 0 unspecified atom stereocenters. The summed E-state index contributed by atoms with van der Waals surface area (Å²) >= 11 is 0. The van der Waals surface area contributed by atoms with Crippen LogP contribution in [-0.2, 0) is 9.59 Å². The van der Waals surface area contributed by atoms with Crippen molar-refractivity contribution in [1.29, 1.82) is 0 Å². The average Bonchev–Trinajstić information content (AvgIpc) is 2.52. The highest BCUT2D eigenvalue weighted by molar-refractivity contribution is 6.00. The number of benzene rings is 1. The number of carbonyl (C=O) groups is 3. The van der Waals surface area contributed by atoms with E-state index in [1.807, 2.05) is 0 Å². The first kappa shape index (κ1) is 19.2. The Hall–Kier alpha value is -2.81. The number of carbonyl (C=O) groups excluding carboxylic acids is 3. The Balaban J connectivity index is 2.60. The Bertz CT molecular complexity index is 619. The first-order valence-corrected chi connectivity index (χ1v) is 7.32. The van der Waals surface area contributed by atoms with E-state index >= 15 is 0 Å². The maximum atomic E-state index is 12.1. The highest BCUT2D eigenvalue weighted by Crippen LogP contribution is 2.28. The zero-order valence-corrected chi connectivity index (χ0v) is 13.2. The predicted octanol–water partition coefficient (Wildman–Crippen LogP) is 0.0895. The molecule has 0 aliphatic carbocycles. The second-order valence-electron chi connectivity index (χ2n) is 5.24. The predicted molar refractivity (Wildman–Crippen MR) is 83.2 cm³/mol. The van der Waals surface area contributed by atoms with Crippen molar-refractivity contribution in [3.63, 3.8) is 0 Å². The number of hydrogen-bond acceptors (Lipinski definition) is 6. The van der Waals surface area contributed by atoms with Gasteiger partial charge in [0.2, 0.25) is 11.8 Å². The highest BCUT2D eigenvalue weighted by Gasteiger charge is 2.21. The van der Waals surface area contributed by atoms with Crippen LogP contribution in [0.4, 0.5) is 0 Å². The van der Waals surface area contributed by atoms with E-state index in [9.17, 15) is 29.8 Å². The van der Waals surface area contributed by atoms with E-state index in [1.54, 1.807) is 0 Å². The van der Waals surface area contributed by atoms with Gasteiger partial charge < -0.3 is 21.3 Å². The summed E-state index contributed by atoms with van der Waals surface area (Å²) < 4.78 is 0. The highest BCUT2D eigenvalue weighted by atomic mass is 16.5. The molecule has 9 heteroatoms. The topological polar surface area (TPSA) is 153 Å². The van der Waals surface area contributed by atoms with Gasteiger partial charge >= 0.3 is 0 Å². The molecule has 0 aliphatic rings. The molecule has 132 valence electrons. The van der Waals surface area contributed by atoms with Gasteiger partial charge in [0.05, 0.1) is 5.56 Å². The second kappa shape index (κ2) is 8.73. The molecule has 1 atom stereocenters. The number of hydroxylamine groups is 2. The maximum Gasteiger partial charge on any atom is 0.255 e. The summed E-state index contributed by atoms with van der Waals surface area (Å²) in [6.07, 6.45) is 1.03. The smallest absolute Gasteiger partial charge is 0.255 e. The lowest BCUT2D eigenvalue weighted by atomic mass is 10.1. The van der Waals surface area contributed by atoms with Gasteiger partial charge in [0.1, 0.15) is 6.04 Å². The summed E-state index contributed by atoms with van der Waals surface area (Å²) in [5.41, 5.74) is 5.06. The summed E-state index contributed by atoms with van der Waals surface area (Å²) in [6, 6.07) is 2.90. The molecule has 0 saturated carbocycles. The van der Waals surface area contributed by atoms with Crippen LogP contribution in [-0.4, -0.2) is 50.8 Å². The van der Waals surface area contributed by atoms with Crippen molar-refractivity contribution < 1.29 is 29.8 Å². The summed E-state index contributed by atoms with van der Waals surface area (Å²) in [7, 11) is 0. The van der Waals surface area contributed by atoms with Gasteiger partial charge in [-0.1, -0.05) is 6.07 Å². The Kier molecular flexibility index (Phi) is 6.99. The molecule has 0 bridgehead atoms.